The van der Waals surface area contributed by atoms with Gasteiger partial charge in [0.1, 0.15) is 20.7 Å². The molecule has 9 heavy (non-hydrogen) atoms. The van der Waals surface area contributed by atoms with Crippen molar-refractivity contribution in [3.05, 3.63) is 0 Å². The Morgan fingerprint density at radius 3 is 2.11 bits per heavy atom. The van der Waals surface area contributed by atoms with E-state index in [-0.39, 0.29) is 10.6 Å². The normalized spacial score (nSPS) is 11.6. The molecule has 0 aliphatic heterocycles. The lowest BCUT2D eigenvalue weighted by molar-refractivity contribution is -1.01. The highest BCUT2D eigenvalue weighted by molar-refractivity contribution is 5.64. The van der Waals surface area contributed by atoms with Crippen molar-refractivity contribution in [2.45, 2.75) is 13.8 Å². The summed E-state index contributed by atoms with van der Waals surface area (Å²) in [5, 5.41) is 0. The Balaban J connectivity index is 3.85. The number of carbonyl (C=O) groups is 1. The van der Waals surface area contributed by atoms with E-state index in [9.17, 15) is 4.79 Å². The molecule has 0 radical (unpaired) electrons. The number of nitrogens with zero attached hydrogens (tertiary/aromatic N) is 1. The molecule has 0 fully saturated rings. The van der Waals surface area contributed by atoms with Crippen LogP contribution in [0, 0.1) is 0 Å². The van der Waals surface area contributed by atoms with E-state index >= 15 is 0 Å². The van der Waals surface area contributed by atoms with Crippen molar-refractivity contribution in [2.24, 2.45) is 0 Å². The number of hydroxylamine groups is 3. The summed E-state index contributed by atoms with van der Waals surface area (Å²) in [6.07, 6.45) is 0. The fraction of sp³-hybridized carbons (Fsp3) is 0.833. The van der Waals surface area contributed by atoms with E-state index < -0.39 is 0 Å². The minimum absolute atomic E-state index is 0.0104. The molecule has 0 bridgehead atoms. The highest BCUT2D eigenvalue weighted by atomic mass is 16.7. The average Bonchev–Trinajstić information content (AvgIpc) is 1.65. The summed E-state index contributed by atoms with van der Waals surface area (Å²) >= 11 is 0. The molecule has 0 rings (SSSR count). The third-order valence-electron chi connectivity index (χ3n) is 1.21. The van der Waals surface area contributed by atoms with Gasteiger partial charge in [-0.3, -0.25) is 0 Å². The smallest absolute Gasteiger partial charge is 0.228 e. The Labute approximate surface area is 55.8 Å². The summed E-state index contributed by atoms with van der Waals surface area (Å²) in [5.41, 5.74) is 0. The molecule has 0 saturated carbocycles. The molecule has 3 nitrogen and oxygen atoms in total. The van der Waals surface area contributed by atoms with E-state index in [4.69, 9.17) is 4.84 Å². The molecule has 1 amide bonds. The van der Waals surface area contributed by atoms with Gasteiger partial charge in [-0.1, -0.05) is 0 Å². The van der Waals surface area contributed by atoms with Crippen LogP contribution in [0.3, 0.4) is 0 Å². The van der Waals surface area contributed by atoms with Crippen LogP contribution in [0.15, 0.2) is 0 Å². The van der Waals surface area contributed by atoms with Crippen molar-refractivity contribution in [2.75, 3.05) is 20.7 Å². The van der Waals surface area contributed by atoms with Crippen molar-refractivity contribution in [1.29, 1.82) is 0 Å². The van der Waals surface area contributed by atoms with Gasteiger partial charge in [0.05, 0.1) is 6.92 Å². The fourth-order valence-electron chi connectivity index (χ4n) is 0.414. The molecule has 0 aromatic rings. The Kier molecular flexibility index (Phi) is 2.81. The first-order chi connectivity index (χ1) is 4.00. The van der Waals surface area contributed by atoms with Gasteiger partial charge in [0.15, 0.2) is 0 Å². The van der Waals surface area contributed by atoms with E-state index in [1.807, 2.05) is 6.92 Å². The van der Waals surface area contributed by atoms with Crippen molar-refractivity contribution in [3.8, 4) is 0 Å². The van der Waals surface area contributed by atoms with Crippen LogP contribution in [-0.4, -0.2) is 31.3 Å². The molecule has 0 unspecified atom stereocenters. The largest absolute Gasteiger partial charge is 0.342 e. The SMILES string of the molecule is CCO[N+](C)(C)C(C)=O. The second-order valence-corrected chi connectivity index (χ2v) is 2.29. The van der Waals surface area contributed by atoms with Gasteiger partial charge in [-0.25, -0.2) is 4.79 Å². The van der Waals surface area contributed by atoms with Gasteiger partial charge in [-0.05, 0) is 6.92 Å². The highest BCUT2D eigenvalue weighted by Gasteiger charge is 2.22. The highest BCUT2D eigenvalue weighted by Crippen LogP contribution is 1.97. The second kappa shape index (κ2) is 2.94. The summed E-state index contributed by atoms with van der Waals surface area (Å²) in [4.78, 5) is 15.8. The summed E-state index contributed by atoms with van der Waals surface area (Å²) in [6, 6.07) is 0. The number of hydrogen-bond acceptors (Lipinski definition) is 2. The molecule has 0 atom stereocenters. The zero-order valence-electron chi connectivity index (χ0n) is 6.47. The maximum absolute atomic E-state index is 10.7. The maximum atomic E-state index is 10.7. The van der Waals surface area contributed by atoms with Gasteiger partial charge in [0, 0.05) is 0 Å². The molecule has 0 aliphatic rings. The summed E-state index contributed by atoms with van der Waals surface area (Å²) in [6.45, 7) is 3.94. The van der Waals surface area contributed by atoms with Gasteiger partial charge in [-0.15, -0.1) is 4.65 Å². The number of hydrogen-bond donors (Lipinski definition) is 0. The topological polar surface area (TPSA) is 26.3 Å². The minimum Gasteiger partial charge on any atom is -0.228 e. The molecule has 54 valence electrons. The average molecular weight is 132 g/mol. The Morgan fingerprint density at radius 2 is 2.00 bits per heavy atom. The lowest BCUT2D eigenvalue weighted by Crippen LogP contribution is -2.43. The molecule has 0 spiro atoms. The molecular weight excluding hydrogens is 118 g/mol. The molecular formula is C6H14NO2+. The van der Waals surface area contributed by atoms with E-state index in [0.29, 0.717) is 6.61 Å². The fourth-order valence-corrected chi connectivity index (χ4v) is 0.414. The lowest BCUT2D eigenvalue weighted by Gasteiger charge is -2.21. The first kappa shape index (κ1) is 8.59. The van der Waals surface area contributed by atoms with Crippen LogP contribution in [0.5, 0.6) is 0 Å². The van der Waals surface area contributed by atoms with Crippen molar-refractivity contribution in [3.63, 3.8) is 0 Å². The molecule has 3 heteroatoms. The molecule has 0 aromatic carbocycles. The van der Waals surface area contributed by atoms with Crippen LogP contribution in [0.1, 0.15) is 13.8 Å². The molecule has 0 saturated heterocycles. The first-order valence-electron chi connectivity index (χ1n) is 3.00. The second-order valence-electron chi connectivity index (χ2n) is 2.29. The summed E-state index contributed by atoms with van der Waals surface area (Å²) in [5.74, 6) is 0.0110. The van der Waals surface area contributed by atoms with E-state index in [1.165, 1.54) is 6.92 Å². The van der Waals surface area contributed by atoms with Crippen LogP contribution in [0.25, 0.3) is 0 Å². The zero-order valence-corrected chi connectivity index (χ0v) is 6.47. The summed E-state index contributed by atoms with van der Waals surface area (Å²) < 4.78 is 0.0104. The number of carbonyl (C=O) groups excluding carboxylic acids is 1. The minimum atomic E-state index is 0.0104. The maximum Gasteiger partial charge on any atom is 0.342 e. The monoisotopic (exact) mass is 132 g/mol. The number of quaternary nitrogens is 1. The predicted octanol–water partition coefficient (Wildman–Crippen LogP) is 0.561. The quantitative estimate of drug-likeness (QED) is 0.405. The Bertz CT molecular complexity index is 110. The van der Waals surface area contributed by atoms with Crippen LogP contribution in [0.4, 0.5) is 0 Å². The van der Waals surface area contributed by atoms with Gasteiger partial charge < -0.3 is 0 Å². The van der Waals surface area contributed by atoms with Gasteiger partial charge in [0.25, 0.3) is 0 Å². The molecule has 0 heterocycles. The van der Waals surface area contributed by atoms with Crippen molar-refractivity contribution >= 4 is 5.91 Å². The van der Waals surface area contributed by atoms with Gasteiger partial charge in [-0.2, -0.15) is 4.84 Å². The van der Waals surface area contributed by atoms with Gasteiger partial charge in [0.2, 0.25) is 0 Å². The van der Waals surface area contributed by atoms with Crippen LogP contribution >= 0.6 is 0 Å². The van der Waals surface area contributed by atoms with Crippen molar-refractivity contribution in [1.82, 2.24) is 0 Å². The molecule has 0 N–H and O–H groups in total. The van der Waals surface area contributed by atoms with Crippen LogP contribution in [-0.2, 0) is 9.63 Å². The van der Waals surface area contributed by atoms with Gasteiger partial charge >= 0.3 is 5.91 Å². The Hall–Kier alpha value is -0.410. The first-order valence-corrected chi connectivity index (χ1v) is 3.00. The Morgan fingerprint density at radius 1 is 1.56 bits per heavy atom. The van der Waals surface area contributed by atoms with Crippen molar-refractivity contribution < 1.29 is 14.3 Å². The standard InChI is InChI=1S/C6H14NO2/c1-5-9-7(3,4)6(2)8/h5H2,1-4H3/q+1. The third kappa shape index (κ3) is 2.58. The third-order valence-corrected chi connectivity index (χ3v) is 1.21. The molecule has 0 aromatic heterocycles. The van der Waals surface area contributed by atoms with Crippen LogP contribution in [0.2, 0.25) is 0 Å². The number of rotatable bonds is 2. The molecule has 0 aliphatic carbocycles. The zero-order chi connectivity index (χ0) is 7.49. The van der Waals surface area contributed by atoms with E-state index in [1.54, 1.807) is 14.1 Å². The predicted molar refractivity (Wildman–Crippen MR) is 34.4 cm³/mol. The van der Waals surface area contributed by atoms with E-state index in [0.717, 1.165) is 0 Å². The van der Waals surface area contributed by atoms with E-state index in [2.05, 4.69) is 0 Å². The van der Waals surface area contributed by atoms with Crippen LogP contribution < -0.4 is 0 Å². The summed E-state index contributed by atoms with van der Waals surface area (Å²) in [7, 11) is 3.43. The lowest BCUT2D eigenvalue weighted by atomic mass is 10.6. The number of amides is 1.